The minimum absolute atomic E-state index is 0.123. The van der Waals surface area contributed by atoms with Crippen molar-refractivity contribution >= 4 is 46.1 Å². The van der Waals surface area contributed by atoms with Gasteiger partial charge in [-0.2, -0.15) is 5.26 Å². The molecule has 0 unspecified atom stereocenters. The highest BCUT2D eigenvalue weighted by atomic mass is 32.2. The Balaban J connectivity index is 1.69. The number of carbonyl (C=O) groups excluding carboxylic acids is 1. The summed E-state index contributed by atoms with van der Waals surface area (Å²) in [5.41, 5.74) is 2.20. The highest BCUT2D eigenvalue weighted by Gasteiger charge is 2.33. The second-order valence-corrected chi connectivity index (χ2v) is 11.9. The maximum Gasteiger partial charge on any atom is 0.270 e. The number of anilines is 1. The van der Waals surface area contributed by atoms with Crippen LogP contribution in [0, 0.1) is 24.2 Å². The molecule has 1 amide bonds. The average molecular weight is 581 g/mol. The van der Waals surface area contributed by atoms with Crippen molar-refractivity contribution in [2.45, 2.75) is 53.0 Å². The second-order valence-electron chi connectivity index (χ2n) is 10.2. The van der Waals surface area contributed by atoms with Gasteiger partial charge < -0.3 is 14.4 Å². The number of thiocarbonyl (C=S) groups is 1. The third kappa shape index (κ3) is 5.91. The van der Waals surface area contributed by atoms with E-state index in [1.54, 1.807) is 30.6 Å². The molecule has 0 radical (unpaired) electrons. The number of hydrogen-bond donors (Lipinski definition) is 0. The molecule has 0 saturated carbocycles. The van der Waals surface area contributed by atoms with E-state index in [1.165, 1.54) is 11.8 Å². The summed E-state index contributed by atoms with van der Waals surface area (Å²) in [5.74, 6) is 2.53. The molecule has 4 rings (SSSR count). The minimum Gasteiger partial charge on any atom is -0.493 e. The topological polar surface area (TPSA) is 87.8 Å². The van der Waals surface area contributed by atoms with Gasteiger partial charge in [0.1, 0.15) is 21.8 Å². The molecule has 40 heavy (non-hydrogen) atoms. The molecule has 1 aromatic heterocycles. The lowest BCUT2D eigenvalue weighted by atomic mass is 9.97. The van der Waals surface area contributed by atoms with Gasteiger partial charge in [0.2, 0.25) is 0 Å². The van der Waals surface area contributed by atoms with E-state index in [9.17, 15) is 14.9 Å². The number of carbonyl (C=O) groups is 1. The number of hydrogen-bond acceptors (Lipinski definition) is 8. The Morgan fingerprint density at radius 3 is 2.48 bits per heavy atom. The molecular weight excluding hydrogens is 544 g/mol. The molecule has 8 nitrogen and oxygen atoms in total. The maximum absolute atomic E-state index is 13.6. The zero-order valence-electron chi connectivity index (χ0n) is 23.8. The first-order chi connectivity index (χ1) is 19.2. The molecule has 3 heterocycles. The minimum atomic E-state index is -0.268. The number of aromatic nitrogens is 1. The monoisotopic (exact) mass is 580 g/mol. The zero-order chi connectivity index (χ0) is 29.0. The largest absolute Gasteiger partial charge is 0.493 e. The highest BCUT2D eigenvalue weighted by molar-refractivity contribution is 8.26. The van der Waals surface area contributed by atoms with Gasteiger partial charge in [-0.3, -0.25) is 19.1 Å². The fourth-order valence-electron chi connectivity index (χ4n) is 5.24. The standard InChI is InChI=1S/C30H36N4O4S2/c1-6-12-33-27(32-13-9-19(2)10-14-32)22(20(3)23(18-31)28(33)35)17-26-29(36)34(30(39)40-26)15-11-21-7-8-24(37-4)25(16-21)38-5/h7-8,16-17,19H,6,9-15H2,1-5H3/b26-17+. The normalized spacial score (nSPS) is 17.1. The van der Waals surface area contributed by atoms with E-state index in [0.29, 0.717) is 51.7 Å². The first kappa shape index (κ1) is 29.7. The lowest BCUT2D eigenvalue weighted by molar-refractivity contribution is -0.122. The summed E-state index contributed by atoms with van der Waals surface area (Å²) in [5, 5.41) is 9.88. The Kier molecular flexibility index (Phi) is 9.59. The van der Waals surface area contributed by atoms with Crippen molar-refractivity contribution in [3.05, 3.63) is 55.7 Å². The maximum atomic E-state index is 13.6. The molecule has 0 bridgehead atoms. The van der Waals surface area contributed by atoms with Crippen LogP contribution in [0.15, 0.2) is 27.9 Å². The van der Waals surface area contributed by atoms with Crippen molar-refractivity contribution in [2.24, 2.45) is 5.92 Å². The van der Waals surface area contributed by atoms with Crippen molar-refractivity contribution in [3.8, 4) is 17.6 Å². The smallest absolute Gasteiger partial charge is 0.270 e. The molecule has 2 fully saturated rings. The molecular formula is C30H36N4O4S2. The van der Waals surface area contributed by atoms with Gasteiger partial charge in [-0.1, -0.05) is 43.9 Å². The molecule has 2 saturated heterocycles. The Bertz CT molecular complexity index is 1430. The number of nitrogens with zero attached hydrogens (tertiary/aromatic N) is 4. The van der Waals surface area contributed by atoms with E-state index in [2.05, 4.69) is 17.9 Å². The van der Waals surface area contributed by atoms with Crippen LogP contribution in [0.4, 0.5) is 5.82 Å². The number of piperidine rings is 1. The third-order valence-corrected chi connectivity index (χ3v) is 8.98. The molecule has 2 aliphatic heterocycles. The summed E-state index contributed by atoms with van der Waals surface area (Å²) < 4.78 is 13.0. The Morgan fingerprint density at radius 2 is 1.85 bits per heavy atom. The predicted molar refractivity (Wildman–Crippen MR) is 164 cm³/mol. The van der Waals surface area contributed by atoms with E-state index in [1.807, 2.05) is 31.2 Å². The van der Waals surface area contributed by atoms with Gasteiger partial charge >= 0.3 is 0 Å². The summed E-state index contributed by atoms with van der Waals surface area (Å²) in [6.45, 7) is 8.63. The second kappa shape index (κ2) is 12.9. The average Bonchev–Trinajstić information content (AvgIpc) is 3.22. The lowest BCUT2D eigenvalue weighted by Gasteiger charge is -2.35. The van der Waals surface area contributed by atoms with Gasteiger partial charge in [0, 0.05) is 31.7 Å². The summed E-state index contributed by atoms with van der Waals surface area (Å²) in [6, 6.07) is 7.82. The summed E-state index contributed by atoms with van der Waals surface area (Å²) in [6.07, 6.45) is 5.23. The van der Waals surface area contributed by atoms with Crippen LogP contribution in [0.2, 0.25) is 0 Å². The van der Waals surface area contributed by atoms with Crippen LogP contribution in [-0.4, -0.2) is 53.5 Å². The zero-order valence-corrected chi connectivity index (χ0v) is 25.4. The highest BCUT2D eigenvalue weighted by Crippen LogP contribution is 2.37. The van der Waals surface area contributed by atoms with Gasteiger partial charge in [-0.15, -0.1) is 0 Å². The van der Waals surface area contributed by atoms with E-state index in [4.69, 9.17) is 21.7 Å². The van der Waals surface area contributed by atoms with Crippen molar-refractivity contribution in [1.29, 1.82) is 5.26 Å². The van der Waals surface area contributed by atoms with E-state index in [-0.39, 0.29) is 17.0 Å². The number of methoxy groups -OCH3 is 2. The van der Waals surface area contributed by atoms with Gasteiger partial charge in [0.05, 0.1) is 19.1 Å². The molecule has 0 N–H and O–H groups in total. The van der Waals surface area contributed by atoms with Crippen molar-refractivity contribution in [3.63, 3.8) is 0 Å². The van der Waals surface area contributed by atoms with Gasteiger partial charge in [-0.05, 0) is 67.9 Å². The summed E-state index contributed by atoms with van der Waals surface area (Å²) in [4.78, 5) is 31.3. The number of amides is 1. The third-order valence-electron chi connectivity index (χ3n) is 7.60. The molecule has 0 spiro atoms. The van der Waals surface area contributed by atoms with Gasteiger partial charge in [0.25, 0.3) is 11.5 Å². The van der Waals surface area contributed by atoms with Crippen LogP contribution >= 0.6 is 24.0 Å². The van der Waals surface area contributed by atoms with E-state index < -0.39 is 0 Å². The lowest BCUT2D eigenvalue weighted by Crippen LogP contribution is -2.39. The number of pyridine rings is 1. The van der Waals surface area contributed by atoms with Crippen LogP contribution in [0.3, 0.4) is 0 Å². The Morgan fingerprint density at radius 1 is 1.15 bits per heavy atom. The molecule has 1 aromatic carbocycles. The molecule has 10 heteroatoms. The first-order valence-electron chi connectivity index (χ1n) is 13.6. The SMILES string of the molecule is CCCn1c(N2CCC(C)CC2)c(/C=C2/SC(=S)N(CCc3ccc(OC)c(OC)c3)C2=O)c(C)c(C#N)c1=O. The van der Waals surface area contributed by atoms with Gasteiger partial charge in [0.15, 0.2) is 11.5 Å². The van der Waals surface area contributed by atoms with E-state index >= 15 is 0 Å². The summed E-state index contributed by atoms with van der Waals surface area (Å²) >= 11 is 6.88. The molecule has 2 aromatic rings. The Labute approximate surface area is 245 Å². The quantitative estimate of drug-likeness (QED) is 0.298. The molecule has 0 atom stereocenters. The van der Waals surface area contributed by atoms with Crippen LogP contribution < -0.4 is 19.9 Å². The number of benzene rings is 1. The van der Waals surface area contributed by atoms with Crippen molar-refractivity contribution in [2.75, 3.05) is 38.8 Å². The number of thioether (sulfide) groups is 1. The van der Waals surface area contributed by atoms with E-state index in [0.717, 1.165) is 49.3 Å². The molecule has 2 aliphatic rings. The van der Waals surface area contributed by atoms with Crippen LogP contribution in [0.1, 0.15) is 55.4 Å². The molecule has 0 aliphatic carbocycles. The van der Waals surface area contributed by atoms with Crippen LogP contribution in [0.5, 0.6) is 11.5 Å². The summed E-state index contributed by atoms with van der Waals surface area (Å²) in [7, 11) is 3.19. The number of nitriles is 1. The van der Waals surface area contributed by atoms with Crippen molar-refractivity contribution < 1.29 is 14.3 Å². The molecule has 212 valence electrons. The number of rotatable bonds is 9. The van der Waals surface area contributed by atoms with Crippen LogP contribution in [0.25, 0.3) is 6.08 Å². The number of ether oxygens (including phenoxy) is 2. The fourth-order valence-corrected chi connectivity index (χ4v) is 6.53. The Hall–Kier alpha value is -3.29. The van der Waals surface area contributed by atoms with Gasteiger partial charge in [-0.25, -0.2) is 0 Å². The predicted octanol–water partition coefficient (Wildman–Crippen LogP) is 5.14. The fraction of sp³-hybridized carbons (Fsp3) is 0.467. The van der Waals surface area contributed by atoms with Crippen molar-refractivity contribution in [1.82, 2.24) is 9.47 Å². The first-order valence-corrected chi connectivity index (χ1v) is 14.8. The van der Waals surface area contributed by atoms with Crippen LogP contribution in [-0.2, 0) is 17.8 Å².